The van der Waals surface area contributed by atoms with E-state index in [1.807, 2.05) is 0 Å². The summed E-state index contributed by atoms with van der Waals surface area (Å²) in [4.78, 5) is 0. The molecule has 0 bridgehead atoms. The number of nitrogens with zero attached hydrogens (tertiary/aromatic N) is 1. The van der Waals surface area contributed by atoms with Gasteiger partial charge in [-0.25, -0.2) is 8.42 Å². The number of hydrogen-bond donors (Lipinski definition) is 1. The van der Waals surface area contributed by atoms with Gasteiger partial charge in [0.1, 0.15) is 4.21 Å². The lowest BCUT2D eigenvalue weighted by molar-refractivity contribution is 0.282. The van der Waals surface area contributed by atoms with Gasteiger partial charge in [0.2, 0.25) is 0 Å². The predicted molar refractivity (Wildman–Crippen MR) is 74.4 cm³/mol. The highest BCUT2D eigenvalue weighted by Crippen LogP contribution is 2.36. The fraction of sp³-hybridized carbons (Fsp3) is 0.692. The molecule has 0 spiro atoms. The average molecular weight is 301 g/mol. The van der Waals surface area contributed by atoms with Crippen LogP contribution in [-0.4, -0.2) is 30.9 Å². The van der Waals surface area contributed by atoms with Crippen LogP contribution >= 0.6 is 11.3 Å². The van der Waals surface area contributed by atoms with Crippen LogP contribution < -0.4 is 0 Å². The van der Waals surface area contributed by atoms with Crippen LogP contribution in [0.15, 0.2) is 15.7 Å². The molecular formula is C13H19NO3S2. The normalized spacial score (nSPS) is 20.1. The third-order valence-corrected chi connectivity index (χ3v) is 7.02. The summed E-state index contributed by atoms with van der Waals surface area (Å²) < 4.78 is 27.3. The molecule has 0 radical (unpaired) electrons. The maximum Gasteiger partial charge on any atom is 0.252 e. The summed E-state index contributed by atoms with van der Waals surface area (Å²) in [5, 5.41) is 10.8. The van der Waals surface area contributed by atoms with Gasteiger partial charge in [0.05, 0.1) is 6.61 Å². The standard InChI is InChI=1S/C13H19NO3S2/c15-8-12-5-13(18-9-12)19(16,17)14(6-10-1-2-10)7-11-3-4-11/h5,9-11,15H,1-4,6-8H2. The Labute approximate surface area is 118 Å². The highest BCUT2D eigenvalue weighted by atomic mass is 32.2. The van der Waals surface area contributed by atoms with E-state index < -0.39 is 10.0 Å². The lowest BCUT2D eigenvalue weighted by Gasteiger charge is -2.21. The minimum Gasteiger partial charge on any atom is -0.392 e. The predicted octanol–water partition coefficient (Wildman–Crippen LogP) is 2.05. The lowest BCUT2D eigenvalue weighted by Crippen LogP contribution is -2.34. The van der Waals surface area contributed by atoms with Gasteiger partial charge in [0.15, 0.2) is 0 Å². The van der Waals surface area contributed by atoms with Gasteiger partial charge >= 0.3 is 0 Å². The van der Waals surface area contributed by atoms with Gasteiger partial charge in [0, 0.05) is 13.1 Å². The van der Waals surface area contributed by atoms with E-state index in [2.05, 4.69) is 0 Å². The van der Waals surface area contributed by atoms with Gasteiger partial charge < -0.3 is 5.11 Å². The molecule has 106 valence electrons. The quantitative estimate of drug-likeness (QED) is 0.838. The molecule has 0 unspecified atom stereocenters. The van der Waals surface area contributed by atoms with Gasteiger partial charge in [-0.05, 0) is 54.5 Å². The van der Waals surface area contributed by atoms with Crippen LogP contribution in [0.5, 0.6) is 0 Å². The zero-order chi connectivity index (χ0) is 13.5. The van der Waals surface area contributed by atoms with Crippen molar-refractivity contribution >= 4 is 21.4 Å². The van der Waals surface area contributed by atoms with Crippen LogP contribution in [0.25, 0.3) is 0 Å². The van der Waals surface area contributed by atoms with Crippen LogP contribution in [0.4, 0.5) is 0 Å². The highest BCUT2D eigenvalue weighted by Gasteiger charge is 2.36. The number of aliphatic hydroxyl groups excluding tert-OH is 1. The molecule has 1 N–H and O–H groups in total. The van der Waals surface area contributed by atoms with Crippen molar-refractivity contribution in [3.8, 4) is 0 Å². The second kappa shape index (κ2) is 5.16. The van der Waals surface area contributed by atoms with E-state index >= 15 is 0 Å². The Morgan fingerprint density at radius 1 is 1.21 bits per heavy atom. The van der Waals surface area contributed by atoms with Crippen LogP contribution in [0.3, 0.4) is 0 Å². The average Bonchev–Trinajstić information content (AvgIpc) is 3.30. The van der Waals surface area contributed by atoms with Crippen molar-refractivity contribution in [2.45, 2.75) is 36.5 Å². The molecule has 2 saturated carbocycles. The maximum absolute atomic E-state index is 12.6. The number of rotatable bonds is 7. The number of aliphatic hydroxyl groups is 1. The fourth-order valence-electron chi connectivity index (χ4n) is 2.15. The topological polar surface area (TPSA) is 57.6 Å². The van der Waals surface area contributed by atoms with Crippen molar-refractivity contribution in [3.63, 3.8) is 0 Å². The van der Waals surface area contributed by atoms with Crippen LogP contribution in [0.1, 0.15) is 31.2 Å². The summed E-state index contributed by atoms with van der Waals surface area (Å²) in [6, 6.07) is 1.60. The molecule has 0 atom stereocenters. The summed E-state index contributed by atoms with van der Waals surface area (Å²) in [6.45, 7) is 1.24. The first-order valence-electron chi connectivity index (χ1n) is 6.78. The van der Waals surface area contributed by atoms with E-state index in [0.717, 1.165) is 25.7 Å². The molecule has 4 nitrogen and oxygen atoms in total. The third kappa shape index (κ3) is 3.18. The summed E-state index contributed by atoms with van der Waals surface area (Å²) in [5.74, 6) is 1.12. The molecule has 0 saturated heterocycles. The summed E-state index contributed by atoms with van der Waals surface area (Å²) >= 11 is 1.21. The van der Waals surface area contributed by atoms with Crippen molar-refractivity contribution in [1.29, 1.82) is 0 Å². The van der Waals surface area contributed by atoms with Gasteiger partial charge in [-0.15, -0.1) is 11.3 Å². The Bertz CT molecular complexity index is 530. The van der Waals surface area contributed by atoms with Gasteiger partial charge in [-0.1, -0.05) is 0 Å². The van der Waals surface area contributed by atoms with Crippen molar-refractivity contribution in [3.05, 3.63) is 17.0 Å². The number of hydrogen-bond acceptors (Lipinski definition) is 4. The summed E-state index contributed by atoms with van der Waals surface area (Å²) in [5.41, 5.74) is 0.682. The Kier molecular flexibility index (Phi) is 3.68. The van der Waals surface area contributed by atoms with E-state index in [1.165, 1.54) is 11.3 Å². The molecule has 19 heavy (non-hydrogen) atoms. The Morgan fingerprint density at radius 3 is 2.21 bits per heavy atom. The molecule has 1 heterocycles. The van der Waals surface area contributed by atoms with Crippen molar-refractivity contribution in [2.24, 2.45) is 11.8 Å². The van der Waals surface area contributed by atoms with Crippen molar-refractivity contribution < 1.29 is 13.5 Å². The Balaban J connectivity index is 1.80. The maximum atomic E-state index is 12.6. The van der Waals surface area contributed by atoms with Crippen LogP contribution in [-0.2, 0) is 16.6 Å². The smallest absolute Gasteiger partial charge is 0.252 e. The van der Waals surface area contributed by atoms with Crippen LogP contribution in [0, 0.1) is 11.8 Å². The van der Waals surface area contributed by atoms with E-state index in [9.17, 15) is 8.42 Å². The second-order valence-electron chi connectivity index (χ2n) is 5.64. The summed E-state index contributed by atoms with van der Waals surface area (Å²) in [7, 11) is -3.36. The minimum absolute atomic E-state index is 0.0999. The highest BCUT2D eigenvalue weighted by molar-refractivity contribution is 7.91. The molecule has 2 aliphatic carbocycles. The Hall–Kier alpha value is -0.430. The van der Waals surface area contributed by atoms with Crippen LogP contribution in [0.2, 0.25) is 0 Å². The molecule has 0 amide bonds. The zero-order valence-corrected chi connectivity index (χ0v) is 12.4. The van der Waals surface area contributed by atoms with Crippen molar-refractivity contribution in [2.75, 3.05) is 13.1 Å². The zero-order valence-electron chi connectivity index (χ0n) is 10.8. The third-order valence-electron chi connectivity index (χ3n) is 3.72. The van der Waals surface area contributed by atoms with Crippen molar-refractivity contribution in [1.82, 2.24) is 4.31 Å². The molecule has 6 heteroatoms. The molecule has 1 aromatic heterocycles. The van der Waals surface area contributed by atoms with E-state index in [4.69, 9.17) is 5.11 Å². The molecule has 0 aromatic carbocycles. The molecule has 2 fully saturated rings. The Morgan fingerprint density at radius 2 is 1.79 bits per heavy atom. The van der Waals surface area contributed by atoms with E-state index in [0.29, 0.717) is 34.7 Å². The fourth-order valence-corrected chi connectivity index (χ4v) is 5.09. The summed E-state index contributed by atoms with van der Waals surface area (Å²) in [6.07, 6.45) is 4.62. The van der Waals surface area contributed by atoms with Gasteiger partial charge in [0.25, 0.3) is 10.0 Å². The largest absolute Gasteiger partial charge is 0.392 e. The van der Waals surface area contributed by atoms with E-state index in [-0.39, 0.29) is 6.61 Å². The van der Waals surface area contributed by atoms with Gasteiger partial charge in [-0.2, -0.15) is 4.31 Å². The number of sulfonamides is 1. The second-order valence-corrected chi connectivity index (χ2v) is 8.72. The number of thiophene rings is 1. The molecule has 1 aromatic rings. The molecule has 3 rings (SSSR count). The SMILES string of the molecule is O=S(=O)(c1cc(CO)cs1)N(CC1CC1)CC1CC1. The first-order chi connectivity index (χ1) is 9.09. The van der Waals surface area contributed by atoms with Gasteiger partial charge in [-0.3, -0.25) is 0 Å². The molecule has 2 aliphatic rings. The monoisotopic (exact) mass is 301 g/mol. The van der Waals surface area contributed by atoms with E-state index in [1.54, 1.807) is 15.8 Å². The molecular weight excluding hydrogens is 282 g/mol. The minimum atomic E-state index is -3.36. The first kappa shape index (κ1) is 13.5. The first-order valence-corrected chi connectivity index (χ1v) is 9.10. The lowest BCUT2D eigenvalue weighted by atomic mass is 10.4. The molecule has 0 aliphatic heterocycles.